The van der Waals surface area contributed by atoms with Crippen LogP contribution < -0.4 is 66.2 Å². The van der Waals surface area contributed by atoms with Crippen LogP contribution >= 0.6 is 39.7 Å². The standard InChI is InChI=1S/C23H30BrN3O4.C20H13O4P.C15H21BrN2O2.C7H9N2O2.K.H2O/c1-22(2,3)20-25-19(26-31-20)18(28)12-14-9-10-27(21(29)30-23(4,5)6)13-15-11-16(24)7-8-17(14)15;21-25(22)23-17-11-9-13-5-1-3-7-15(13)19(17)20-16-8-4-2-6-14(16)10-12-18(20)24-25;1-15(2,3)20-14(19)18-7-6-13(17)12-5-4-11(16)8-10(12)9-18;1-7(2,3)6-8-5(4-10)9-11-6;;/h7-8,11,14H,9-10,12-13H2,1-6H3;1-12H,(H,21,22);4-5,8,13H,6-7,9,17H2,1-3H3;1-3H3;;1H2/q;;;-1;+1;/p-1/t14-;;13-;;;/m0.1.../s1. The van der Waals surface area contributed by atoms with Crippen molar-refractivity contribution in [3.05, 3.63) is 164 Å². The third-order valence-electron chi connectivity index (χ3n) is 13.9. The summed E-state index contributed by atoms with van der Waals surface area (Å²) in [4.78, 5) is 69.5. The number of carbonyl (C=O) groups is 3. The number of halogens is 2. The summed E-state index contributed by atoms with van der Waals surface area (Å²) in [6.07, 6.45) is 2.56. The molecule has 0 fully saturated rings. The van der Waals surface area contributed by atoms with Crippen LogP contribution in [0.1, 0.15) is 165 Å². The number of phosphoric ester groups is 1. The van der Waals surface area contributed by atoms with Gasteiger partial charge in [-0.15, -0.1) is 0 Å². The van der Waals surface area contributed by atoms with E-state index in [1.165, 1.54) is 0 Å². The molecule has 0 bridgehead atoms. The number of ketones is 1. The van der Waals surface area contributed by atoms with Crippen molar-refractivity contribution >= 4 is 85.5 Å². The van der Waals surface area contributed by atoms with Gasteiger partial charge >= 0.3 is 71.4 Å². The Balaban J connectivity index is 0.000000197. The summed E-state index contributed by atoms with van der Waals surface area (Å²) in [5, 5.41) is 11.2. The number of phosphoric acid groups is 1. The minimum Gasteiger partial charge on any atom is -0.870 e. The van der Waals surface area contributed by atoms with Gasteiger partial charge < -0.3 is 53.4 Å². The summed E-state index contributed by atoms with van der Waals surface area (Å²) >= 11 is 6.98. The SMILES string of the molecule is CC(C)(C)OC(=O)N1CC[C@@H](CC(=O)c2noc(C(C)(C)C)n2)c2ccc(Br)cc2C1.CC(C)(C)OC(=O)N1CC[C@@H](N)c2ccc(Br)cc2C1.CC(C)(C)c1nc([C-]=O)no1.O=P1(O)Oc2ccc3ccccc3c2-c2c(ccc3ccccc23)O1.[K+].[OH-]. The Morgan fingerprint density at radius 2 is 1.10 bits per heavy atom. The minimum absolute atomic E-state index is 0. The number of amides is 2. The van der Waals surface area contributed by atoms with Crippen molar-refractivity contribution in [3.63, 3.8) is 0 Å². The van der Waals surface area contributed by atoms with Crippen molar-refractivity contribution in [3.8, 4) is 22.6 Å². The Morgan fingerprint density at radius 3 is 1.55 bits per heavy atom. The molecule has 6 aromatic carbocycles. The molecule has 5 heterocycles. The van der Waals surface area contributed by atoms with Crippen LogP contribution in [0, 0.1) is 0 Å². The molecule has 0 saturated carbocycles. The second-order valence-electron chi connectivity index (χ2n) is 25.4. The predicted octanol–water partition coefficient (Wildman–Crippen LogP) is 12.4. The van der Waals surface area contributed by atoms with E-state index < -0.39 is 19.0 Å². The first-order valence-corrected chi connectivity index (χ1v) is 31.5. The summed E-state index contributed by atoms with van der Waals surface area (Å²) in [6, 6.07) is 35.0. The van der Waals surface area contributed by atoms with Crippen LogP contribution in [0.4, 0.5) is 9.59 Å². The third kappa shape index (κ3) is 19.2. The molecule has 3 aliphatic heterocycles. The molecule has 3 aliphatic rings. The molecule has 2 amide bonds. The Hall–Kier alpha value is -5.69. The number of nitrogens with zero attached hydrogens (tertiary/aromatic N) is 6. The van der Waals surface area contributed by atoms with Crippen molar-refractivity contribution in [2.45, 2.75) is 149 Å². The van der Waals surface area contributed by atoms with Gasteiger partial charge in [0.25, 0.3) is 0 Å². The summed E-state index contributed by atoms with van der Waals surface area (Å²) in [7, 11) is -4.25. The van der Waals surface area contributed by atoms with E-state index in [1.807, 2.05) is 180 Å². The third-order valence-corrected chi connectivity index (χ3v) is 15.7. The second-order valence-corrected chi connectivity index (χ2v) is 28.6. The maximum absolute atomic E-state index is 12.9. The monoisotopic (exact) mass is 1390 g/mol. The Bertz CT molecular complexity index is 3800. The predicted molar refractivity (Wildman–Crippen MR) is 340 cm³/mol. The van der Waals surface area contributed by atoms with Gasteiger partial charge in [-0.3, -0.25) is 9.69 Å². The van der Waals surface area contributed by atoms with Gasteiger partial charge in [0.2, 0.25) is 23.4 Å². The summed E-state index contributed by atoms with van der Waals surface area (Å²) < 4.78 is 46.1. The van der Waals surface area contributed by atoms with Crippen molar-refractivity contribution in [1.29, 1.82) is 0 Å². The average molecular weight is 1390 g/mol. The zero-order valence-corrected chi connectivity index (χ0v) is 59.5. The molecule has 4 N–H and O–H groups in total. The molecule has 0 radical (unpaired) electrons. The molecular weight excluding hydrogens is 1320 g/mol. The number of aromatic nitrogens is 4. The first-order chi connectivity index (χ1) is 40.8. The summed E-state index contributed by atoms with van der Waals surface area (Å²) in [6.45, 7) is 24.9. The van der Waals surface area contributed by atoms with Gasteiger partial charge in [0, 0.05) is 69.5 Å². The van der Waals surface area contributed by atoms with Crippen molar-refractivity contribution in [2.24, 2.45) is 5.73 Å². The van der Waals surface area contributed by atoms with E-state index in [0.29, 0.717) is 55.9 Å². The van der Waals surface area contributed by atoms with Gasteiger partial charge in [-0.2, -0.15) is 11.3 Å². The largest absolute Gasteiger partial charge is 1.00 e. The van der Waals surface area contributed by atoms with Crippen LogP contribution in [0.5, 0.6) is 11.5 Å². The molecule has 89 heavy (non-hydrogen) atoms. The first-order valence-electron chi connectivity index (χ1n) is 28.4. The molecule has 468 valence electrons. The van der Waals surface area contributed by atoms with E-state index in [9.17, 15) is 28.6 Å². The topological polar surface area (TPSA) is 283 Å². The zero-order chi connectivity index (χ0) is 63.4. The molecule has 2 atom stereocenters. The summed E-state index contributed by atoms with van der Waals surface area (Å²) in [5.41, 5.74) is 10.4. The smallest absolute Gasteiger partial charge is 0.870 e. The van der Waals surface area contributed by atoms with Gasteiger partial charge in [0.1, 0.15) is 22.7 Å². The maximum Gasteiger partial charge on any atom is 1.00 e. The number of carbonyl (C=O) groups excluding carboxylic acids is 4. The van der Waals surface area contributed by atoms with Crippen LogP contribution in [0.15, 0.2) is 127 Å². The number of rotatable bonds is 4. The first kappa shape index (κ1) is 72.4. The number of benzene rings is 6. The van der Waals surface area contributed by atoms with E-state index in [1.54, 1.807) is 28.2 Å². The van der Waals surface area contributed by atoms with Gasteiger partial charge in [-0.25, -0.2) is 19.1 Å². The molecule has 0 aliphatic carbocycles. The van der Waals surface area contributed by atoms with E-state index in [-0.39, 0.29) is 116 Å². The molecular formula is C65H74Br2KN7O13P-. The Kier molecular flexibility index (Phi) is 24.2. The maximum atomic E-state index is 12.9. The number of nitrogens with two attached hydrogens (primary N) is 1. The number of hydrogen-bond acceptors (Lipinski definition) is 17. The molecule has 0 saturated heterocycles. The quantitative estimate of drug-likeness (QED) is 0.0716. The van der Waals surface area contributed by atoms with Crippen LogP contribution in [0.25, 0.3) is 32.7 Å². The fourth-order valence-electron chi connectivity index (χ4n) is 9.81. The molecule has 24 heteroatoms. The van der Waals surface area contributed by atoms with E-state index in [0.717, 1.165) is 70.3 Å². The van der Waals surface area contributed by atoms with Crippen LogP contribution in [-0.2, 0) is 42.8 Å². The van der Waals surface area contributed by atoms with Gasteiger partial charge in [-0.05, 0) is 140 Å². The number of hydrogen-bond donors (Lipinski definition) is 2. The molecule has 20 nitrogen and oxygen atoms in total. The molecule has 0 spiro atoms. The minimum atomic E-state index is -4.25. The number of fused-ring (bicyclic) bond motifs is 9. The summed E-state index contributed by atoms with van der Waals surface area (Å²) in [5.74, 6) is 1.46. The Morgan fingerprint density at radius 1 is 0.652 bits per heavy atom. The van der Waals surface area contributed by atoms with Crippen molar-refractivity contribution < 1.29 is 113 Å². The van der Waals surface area contributed by atoms with Crippen LogP contribution in [0.2, 0.25) is 0 Å². The van der Waals surface area contributed by atoms with Gasteiger partial charge in [0.15, 0.2) is 0 Å². The Labute approximate surface area is 577 Å². The molecule has 2 aromatic heterocycles. The van der Waals surface area contributed by atoms with E-state index >= 15 is 0 Å². The number of Topliss-reactive ketones (excluding diaryl/α,β-unsaturated/α-hetero) is 1. The van der Waals surface area contributed by atoms with Crippen molar-refractivity contribution in [2.75, 3.05) is 13.1 Å². The normalized spacial score (nSPS) is 15.9. The van der Waals surface area contributed by atoms with Gasteiger partial charge in [-0.1, -0.05) is 157 Å². The van der Waals surface area contributed by atoms with Crippen molar-refractivity contribution in [1.82, 2.24) is 30.1 Å². The van der Waals surface area contributed by atoms with Crippen LogP contribution in [0.3, 0.4) is 0 Å². The number of ether oxygens (including phenoxy) is 2. The molecule has 11 rings (SSSR count). The fourth-order valence-corrected chi connectivity index (χ4v) is 11.5. The average Bonchev–Trinajstić information content (AvgIpc) is 1.78. The fraction of sp³-hybridized carbons (Fsp3) is 0.385. The van der Waals surface area contributed by atoms with Crippen LogP contribution in [-0.4, -0.2) is 89.0 Å². The molecule has 0 unspecified atom stereocenters. The second kappa shape index (κ2) is 29.7. The van der Waals surface area contributed by atoms with E-state index in [4.69, 9.17) is 33.3 Å². The van der Waals surface area contributed by atoms with Gasteiger partial charge in [0.05, 0.1) is 5.82 Å². The molecule has 8 aromatic rings. The van der Waals surface area contributed by atoms with E-state index in [2.05, 4.69) is 52.1 Å². The zero-order valence-electron chi connectivity index (χ0n) is 52.3.